The molecule has 1 aliphatic rings. The highest BCUT2D eigenvalue weighted by Crippen LogP contribution is 2.21. The third kappa shape index (κ3) is 4.42. The number of nitrogens with zero attached hydrogens (tertiary/aromatic N) is 2. The van der Waals surface area contributed by atoms with E-state index in [1.807, 2.05) is 28.8 Å². The van der Waals surface area contributed by atoms with E-state index in [1.54, 1.807) is 13.2 Å². The predicted molar refractivity (Wildman–Crippen MR) is 107 cm³/mol. The second-order valence-electron chi connectivity index (χ2n) is 6.70. The molecule has 0 saturated carbocycles. The van der Waals surface area contributed by atoms with Gasteiger partial charge in [0.1, 0.15) is 11.4 Å². The second-order valence-corrected chi connectivity index (χ2v) is 6.70. The van der Waals surface area contributed by atoms with Gasteiger partial charge in [-0.15, -0.1) is 6.58 Å². The van der Waals surface area contributed by atoms with Crippen LogP contribution in [0.3, 0.4) is 0 Å². The minimum absolute atomic E-state index is 0.256. The molecule has 0 bridgehead atoms. The van der Waals surface area contributed by atoms with E-state index in [0.29, 0.717) is 37.6 Å². The Morgan fingerprint density at radius 3 is 2.93 bits per heavy atom. The molecule has 0 fully saturated rings. The number of benzene rings is 1. The SMILES string of the molecule is C=CCNC(=O)c1nc(C(=O)NCCc2cccc(OC)c2)n2c1CCCC2. The van der Waals surface area contributed by atoms with Crippen molar-refractivity contribution in [3.05, 3.63) is 59.7 Å². The molecule has 1 aliphatic heterocycles. The zero-order valence-corrected chi connectivity index (χ0v) is 16.2. The monoisotopic (exact) mass is 382 g/mol. The summed E-state index contributed by atoms with van der Waals surface area (Å²) in [6.07, 6.45) is 5.02. The van der Waals surface area contributed by atoms with Gasteiger partial charge in [-0.2, -0.15) is 0 Å². The smallest absolute Gasteiger partial charge is 0.287 e. The topological polar surface area (TPSA) is 85.2 Å². The lowest BCUT2D eigenvalue weighted by molar-refractivity contribution is 0.0938. The van der Waals surface area contributed by atoms with E-state index in [9.17, 15) is 9.59 Å². The third-order valence-corrected chi connectivity index (χ3v) is 4.78. The number of hydrogen-bond donors (Lipinski definition) is 2. The van der Waals surface area contributed by atoms with Crippen molar-refractivity contribution in [2.75, 3.05) is 20.2 Å². The van der Waals surface area contributed by atoms with E-state index in [0.717, 1.165) is 36.3 Å². The van der Waals surface area contributed by atoms with Crippen molar-refractivity contribution in [1.29, 1.82) is 0 Å². The average molecular weight is 382 g/mol. The summed E-state index contributed by atoms with van der Waals surface area (Å²) in [7, 11) is 1.63. The molecule has 7 nitrogen and oxygen atoms in total. The van der Waals surface area contributed by atoms with E-state index in [4.69, 9.17) is 4.74 Å². The minimum atomic E-state index is -0.263. The summed E-state index contributed by atoms with van der Waals surface area (Å²) < 4.78 is 7.10. The maximum Gasteiger partial charge on any atom is 0.287 e. The molecule has 0 spiro atoms. The fraction of sp³-hybridized carbons (Fsp3) is 0.381. The first-order valence-electron chi connectivity index (χ1n) is 9.53. The quantitative estimate of drug-likeness (QED) is 0.685. The largest absolute Gasteiger partial charge is 0.497 e. The van der Waals surface area contributed by atoms with Gasteiger partial charge in [0.2, 0.25) is 0 Å². The van der Waals surface area contributed by atoms with E-state index >= 15 is 0 Å². The minimum Gasteiger partial charge on any atom is -0.497 e. The predicted octanol–water partition coefficient (Wildman–Crippen LogP) is 2.12. The molecule has 2 N–H and O–H groups in total. The summed E-state index contributed by atoms with van der Waals surface area (Å²) in [6.45, 7) is 5.16. The Balaban J connectivity index is 1.69. The number of carbonyl (C=O) groups excluding carboxylic acids is 2. The van der Waals surface area contributed by atoms with Crippen molar-refractivity contribution in [3.63, 3.8) is 0 Å². The van der Waals surface area contributed by atoms with Crippen LogP contribution in [0.15, 0.2) is 36.9 Å². The van der Waals surface area contributed by atoms with Crippen LogP contribution in [0.2, 0.25) is 0 Å². The van der Waals surface area contributed by atoms with Crippen LogP contribution in [-0.2, 0) is 19.4 Å². The molecule has 0 radical (unpaired) electrons. The standard InChI is InChI=1S/C21H26N4O3/c1-3-11-22-20(26)18-17-9-4-5-13-25(17)19(24-18)21(27)23-12-10-15-7-6-8-16(14-15)28-2/h3,6-8,14H,1,4-5,9-13H2,2H3,(H,22,26)(H,23,27). The fourth-order valence-corrected chi connectivity index (χ4v) is 3.37. The summed E-state index contributed by atoms with van der Waals surface area (Å²) in [5, 5.41) is 5.67. The fourth-order valence-electron chi connectivity index (χ4n) is 3.37. The second kappa shape index (κ2) is 9.21. The van der Waals surface area contributed by atoms with Crippen LogP contribution in [0.4, 0.5) is 0 Å². The van der Waals surface area contributed by atoms with Gasteiger partial charge in [0.25, 0.3) is 11.8 Å². The van der Waals surface area contributed by atoms with Crippen molar-refractivity contribution in [1.82, 2.24) is 20.2 Å². The van der Waals surface area contributed by atoms with Gasteiger partial charge in [0, 0.05) is 19.6 Å². The van der Waals surface area contributed by atoms with Gasteiger partial charge in [-0.25, -0.2) is 4.98 Å². The highest BCUT2D eigenvalue weighted by atomic mass is 16.5. The first kappa shape index (κ1) is 19.7. The van der Waals surface area contributed by atoms with Crippen LogP contribution < -0.4 is 15.4 Å². The van der Waals surface area contributed by atoms with Crippen molar-refractivity contribution >= 4 is 11.8 Å². The van der Waals surface area contributed by atoms with E-state index in [-0.39, 0.29) is 11.8 Å². The van der Waals surface area contributed by atoms with Gasteiger partial charge in [-0.1, -0.05) is 18.2 Å². The number of aromatic nitrogens is 2. The van der Waals surface area contributed by atoms with Gasteiger partial charge >= 0.3 is 0 Å². The molecule has 0 saturated heterocycles. The average Bonchev–Trinajstić information content (AvgIpc) is 3.12. The van der Waals surface area contributed by atoms with Crippen molar-refractivity contribution in [2.45, 2.75) is 32.2 Å². The maximum atomic E-state index is 12.7. The maximum absolute atomic E-state index is 12.7. The Morgan fingerprint density at radius 2 is 2.14 bits per heavy atom. The summed E-state index contributed by atoms with van der Waals surface area (Å²) in [4.78, 5) is 29.5. The van der Waals surface area contributed by atoms with Crippen LogP contribution in [0.5, 0.6) is 5.75 Å². The van der Waals surface area contributed by atoms with Crippen molar-refractivity contribution in [3.8, 4) is 5.75 Å². The number of amides is 2. The normalized spacial score (nSPS) is 12.8. The van der Waals surface area contributed by atoms with Crippen molar-refractivity contribution < 1.29 is 14.3 Å². The Hall–Kier alpha value is -3.09. The van der Waals surface area contributed by atoms with Crippen molar-refractivity contribution in [2.24, 2.45) is 0 Å². The molecular formula is C21H26N4O3. The van der Waals surface area contributed by atoms with Crippen LogP contribution in [0.1, 0.15) is 45.2 Å². The van der Waals surface area contributed by atoms with Gasteiger partial charge in [0.15, 0.2) is 5.82 Å². The molecule has 2 amide bonds. The third-order valence-electron chi connectivity index (χ3n) is 4.78. The number of fused-ring (bicyclic) bond motifs is 1. The molecule has 3 rings (SSSR count). The number of nitrogens with one attached hydrogen (secondary N) is 2. The Bertz CT molecular complexity index is 873. The summed E-state index contributed by atoms with van der Waals surface area (Å²) in [5.41, 5.74) is 2.26. The molecule has 1 aromatic carbocycles. The molecule has 1 aromatic heterocycles. The molecule has 0 aliphatic carbocycles. The molecule has 0 atom stereocenters. The van der Waals surface area contributed by atoms with E-state index in [1.165, 1.54) is 0 Å². The highest BCUT2D eigenvalue weighted by Gasteiger charge is 2.27. The zero-order chi connectivity index (χ0) is 19.9. The Kier molecular flexibility index (Phi) is 6.47. The molecule has 148 valence electrons. The molecular weight excluding hydrogens is 356 g/mol. The number of imidazole rings is 1. The summed E-state index contributed by atoms with van der Waals surface area (Å²) in [5.74, 6) is 0.584. The zero-order valence-electron chi connectivity index (χ0n) is 16.2. The summed E-state index contributed by atoms with van der Waals surface area (Å²) >= 11 is 0. The molecule has 0 unspecified atom stereocenters. The Morgan fingerprint density at radius 1 is 1.29 bits per heavy atom. The van der Waals surface area contributed by atoms with Crippen LogP contribution in [0, 0.1) is 0 Å². The number of ether oxygens (including phenoxy) is 1. The van der Waals surface area contributed by atoms with Crippen LogP contribution >= 0.6 is 0 Å². The number of methoxy groups -OCH3 is 1. The van der Waals surface area contributed by atoms with Gasteiger partial charge in [0.05, 0.1) is 12.8 Å². The van der Waals surface area contributed by atoms with E-state index < -0.39 is 0 Å². The summed E-state index contributed by atoms with van der Waals surface area (Å²) in [6, 6.07) is 7.76. The lowest BCUT2D eigenvalue weighted by Gasteiger charge is -2.17. The number of carbonyl (C=O) groups is 2. The molecule has 2 heterocycles. The lowest BCUT2D eigenvalue weighted by atomic mass is 10.1. The lowest BCUT2D eigenvalue weighted by Crippen LogP contribution is -2.29. The highest BCUT2D eigenvalue weighted by molar-refractivity contribution is 5.97. The number of rotatable bonds is 8. The van der Waals surface area contributed by atoms with Gasteiger partial charge < -0.3 is 19.9 Å². The first-order valence-corrected chi connectivity index (χ1v) is 9.53. The molecule has 7 heteroatoms. The van der Waals surface area contributed by atoms with Gasteiger partial charge in [-0.05, 0) is 43.4 Å². The first-order chi connectivity index (χ1) is 13.6. The van der Waals surface area contributed by atoms with Crippen LogP contribution in [-0.4, -0.2) is 41.6 Å². The number of hydrogen-bond acceptors (Lipinski definition) is 4. The molecule has 28 heavy (non-hydrogen) atoms. The van der Waals surface area contributed by atoms with Gasteiger partial charge in [-0.3, -0.25) is 9.59 Å². The van der Waals surface area contributed by atoms with Crippen LogP contribution in [0.25, 0.3) is 0 Å². The molecule has 2 aromatic rings. The van der Waals surface area contributed by atoms with E-state index in [2.05, 4.69) is 22.2 Å². The Labute approximate surface area is 164 Å².